The van der Waals surface area contributed by atoms with Crippen LogP contribution in [0.1, 0.15) is 5.56 Å². The van der Waals surface area contributed by atoms with Gasteiger partial charge in [-0.3, -0.25) is 4.79 Å². The van der Waals surface area contributed by atoms with Crippen LogP contribution in [0.15, 0.2) is 41.3 Å². The molecule has 0 saturated heterocycles. The number of thioether (sulfide) groups is 1. The average molecular weight is 374 g/mol. The fraction of sp³-hybridized carbons (Fsp3) is 0.222. The Kier molecular flexibility index (Phi) is 5.45. The zero-order valence-electron chi connectivity index (χ0n) is 14.2. The van der Waals surface area contributed by atoms with Gasteiger partial charge in [0.05, 0.1) is 30.9 Å². The Morgan fingerprint density at radius 2 is 1.84 bits per heavy atom. The van der Waals surface area contributed by atoms with Crippen molar-refractivity contribution in [2.75, 3.05) is 25.8 Å². The number of amides is 1. The monoisotopic (exact) mass is 374 g/mol. The third-order valence-electron chi connectivity index (χ3n) is 3.66. The quantitative estimate of drug-likeness (QED) is 0.655. The van der Waals surface area contributed by atoms with E-state index in [0.717, 1.165) is 15.8 Å². The molecule has 1 aromatic heterocycles. The highest BCUT2D eigenvalue weighted by Crippen LogP contribution is 2.36. The zero-order valence-corrected chi connectivity index (χ0v) is 15.8. The van der Waals surface area contributed by atoms with Gasteiger partial charge in [-0.2, -0.15) is 0 Å². The molecule has 1 N–H and O–H groups in total. The second-order valence-electron chi connectivity index (χ2n) is 5.27. The van der Waals surface area contributed by atoms with Crippen molar-refractivity contribution in [3.05, 3.63) is 42.0 Å². The number of methoxy groups -OCH3 is 2. The van der Waals surface area contributed by atoms with Gasteiger partial charge in [0.15, 0.2) is 16.6 Å². The van der Waals surface area contributed by atoms with Crippen LogP contribution in [-0.2, 0) is 11.2 Å². The first-order chi connectivity index (χ1) is 12.1. The van der Waals surface area contributed by atoms with Gasteiger partial charge in [0.25, 0.3) is 0 Å². The molecule has 1 heterocycles. The largest absolute Gasteiger partial charge is 0.493 e. The minimum absolute atomic E-state index is 0.0881. The average Bonchev–Trinajstić information content (AvgIpc) is 3.01. The molecule has 25 heavy (non-hydrogen) atoms. The molecule has 3 aromatic rings. The van der Waals surface area contributed by atoms with E-state index in [1.54, 1.807) is 26.0 Å². The molecule has 0 spiro atoms. The summed E-state index contributed by atoms with van der Waals surface area (Å²) in [4.78, 5) is 17.9. The van der Waals surface area contributed by atoms with Crippen molar-refractivity contribution in [3.8, 4) is 11.5 Å². The molecule has 130 valence electrons. The van der Waals surface area contributed by atoms with Crippen LogP contribution in [0.3, 0.4) is 0 Å². The third kappa shape index (κ3) is 4.05. The smallest absolute Gasteiger partial charge is 0.230 e. The number of carbonyl (C=O) groups is 1. The summed E-state index contributed by atoms with van der Waals surface area (Å²) in [6, 6.07) is 11.6. The molecular weight excluding hydrogens is 356 g/mol. The molecule has 0 aliphatic rings. The Bertz CT molecular complexity index is 850. The molecule has 2 aromatic carbocycles. The van der Waals surface area contributed by atoms with Gasteiger partial charge < -0.3 is 14.8 Å². The lowest BCUT2D eigenvalue weighted by Crippen LogP contribution is -2.14. The van der Waals surface area contributed by atoms with E-state index >= 15 is 0 Å². The fourth-order valence-electron chi connectivity index (χ4n) is 2.40. The molecule has 0 unspecified atom stereocenters. The van der Waals surface area contributed by atoms with E-state index in [1.807, 2.05) is 42.7 Å². The van der Waals surface area contributed by atoms with Gasteiger partial charge in [0.1, 0.15) is 0 Å². The van der Waals surface area contributed by atoms with Gasteiger partial charge in [-0.05, 0) is 24.0 Å². The number of hydrogen-bond donors (Lipinski definition) is 1. The summed E-state index contributed by atoms with van der Waals surface area (Å²) in [6.45, 7) is 0. The summed E-state index contributed by atoms with van der Waals surface area (Å²) in [5.74, 6) is 1.17. The normalized spacial score (nSPS) is 10.7. The van der Waals surface area contributed by atoms with Gasteiger partial charge in [0.2, 0.25) is 5.91 Å². The first-order valence-electron chi connectivity index (χ1n) is 7.58. The molecule has 1 amide bonds. The second kappa shape index (κ2) is 7.76. The molecule has 7 heteroatoms. The number of fused-ring (bicyclic) bond motifs is 1. The van der Waals surface area contributed by atoms with Gasteiger partial charge in [-0.1, -0.05) is 23.5 Å². The Balaban J connectivity index is 1.74. The van der Waals surface area contributed by atoms with Crippen LogP contribution in [0.5, 0.6) is 11.5 Å². The Hall–Kier alpha value is -2.25. The molecule has 0 bridgehead atoms. The lowest BCUT2D eigenvalue weighted by molar-refractivity contribution is -0.115. The van der Waals surface area contributed by atoms with Crippen molar-refractivity contribution < 1.29 is 14.3 Å². The predicted octanol–water partition coefficient (Wildman–Crippen LogP) is 4.22. The van der Waals surface area contributed by atoms with Crippen LogP contribution in [0.2, 0.25) is 0 Å². The lowest BCUT2D eigenvalue weighted by Gasteiger charge is -2.05. The molecule has 0 atom stereocenters. The second-order valence-corrected chi connectivity index (χ2v) is 7.18. The van der Waals surface area contributed by atoms with E-state index in [1.165, 1.54) is 16.2 Å². The maximum atomic E-state index is 12.3. The van der Waals surface area contributed by atoms with Crippen molar-refractivity contribution in [2.24, 2.45) is 0 Å². The Labute approximate surface area is 154 Å². The number of nitrogens with one attached hydrogen (secondary N) is 1. The van der Waals surface area contributed by atoms with Gasteiger partial charge in [0, 0.05) is 17.0 Å². The van der Waals surface area contributed by atoms with Crippen molar-refractivity contribution in [1.82, 2.24) is 4.98 Å². The van der Waals surface area contributed by atoms with Gasteiger partial charge in [-0.25, -0.2) is 4.98 Å². The molecule has 0 radical (unpaired) electrons. The Morgan fingerprint density at radius 1 is 1.16 bits per heavy atom. The summed E-state index contributed by atoms with van der Waals surface area (Å²) in [5.41, 5.74) is 1.74. The van der Waals surface area contributed by atoms with Crippen molar-refractivity contribution in [3.63, 3.8) is 0 Å². The van der Waals surface area contributed by atoms with Crippen LogP contribution >= 0.6 is 23.1 Å². The summed E-state index contributed by atoms with van der Waals surface area (Å²) >= 11 is 3.09. The number of thiazole rings is 1. The van der Waals surface area contributed by atoms with Crippen molar-refractivity contribution in [2.45, 2.75) is 11.3 Å². The minimum Gasteiger partial charge on any atom is -0.493 e. The number of nitrogens with zero attached hydrogens (tertiary/aromatic N) is 1. The number of aromatic nitrogens is 1. The fourth-order valence-corrected chi connectivity index (χ4v) is 3.70. The standard InChI is InChI=1S/C18H18N2O3S2/c1-22-14-9-13-16(10-15(14)23-2)25-18(19-13)20-17(21)8-11-4-6-12(24-3)7-5-11/h4-7,9-10H,8H2,1-3H3,(H,19,20,21). The lowest BCUT2D eigenvalue weighted by atomic mass is 10.1. The van der Waals surface area contributed by atoms with E-state index in [9.17, 15) is 4.79 Å². The van der Waals surface area contributed by atoms with E-state index in [0.29, 0.717) is 23.1 Å². The summed E-state index contributed by atoms with van der Waals surface area (Å²) in [7, 11) is 3.18. The molecule has 3 rings (SSSR count). The highest BCUT2D eigenvalue weighted by atomic mass is 32.2. The molecule has 0 aliphatic carbocycles. The van der Waals surface area contributed by atoms with E-state index in [-0.39, 0.29) is 5.91 Å². The number of carbonyl (C=O) groups excluding carboxylic acids is 1. The Morgan fingerprint density at radius 3 is 2.48 bits per heavy atom. The number of benzene rings is 2. The predicted molar refractivity (Wildman–Crippen MR) is 103 cm³/mol. The maximum absolute atomic E-state index is 12.3. The minimum atomic E-state index is -0.0881. The van der Waals surface area contributed by atoms with Crippen LogP contribution < -0.4 is 14.8 Å². The van der Waals surface area contributed by atoms with Crippen LogP contribution in [0.4, 0.5) is 5.13 Å². The number of ether oxygens (including phenoxy) is 2. The molecule has 0 fully saturated rings. The van der Waals surface area contributed by atoms with Gasteiger partial charge in [-0.15, -0.1) is 11.8 Å². The molecule has 0 saturated carbocycles. The van der Waals surface area contributed by atoms with Crippen molar-refractivity contribution >= 4 is 44.4 Å². The van der Waals surface area contributed by atoms with Crippen molar-refractivity contribution in [1.29, 1.82) is 0 Å². The van der Waals surface area contributed by atoms with Crippen LogP contribution in [0.25, 0.3) is 10.2 Å². The SMILES string of the molecule is COc1cc2nc(NC(=O)Cc3ccc(SC)cc3)sc2cc1OC. The van der Waals surface area contributed by atoms with E-state index in [2.05, 4.69) is 10.3 Å². The van der Waals surface area contributed by atoms with Crippen LogP contribution in [0, 0.1) is 0 Å². The van der Waals surface area contributed by atoms with E-state index in [4.69, 9.17) is 9.47 Å². The molecular formula is C18H18N2O3S2. The third-order valence-corrected chi connectivity index (χ3v) is 5.34. The van der Waals surface area contributed by atoms with Crippen LogP contribution in [-0.4, -0.2) is 31.4 Å². The summed E-state index contributed by atoms with van der Waals surface area (Å²) in [5, 5.41) is 3.43. The molecule has 5 nitrogen and oxygen atoms in total. The summed E-state index contributed by atoms with van der Waals surface area (Å²) < 4.78 is 11.5. The molecule has 0 aliphatic heterocycles. The first kappa shape index (κ1) is 17.6. The van der Waals surface area contributed by atoms with Gasteiger partial charge >= 0.3 is 0 Å². The van der Waals surface area contributed by atoms with E-state index < -0.39 is 0 Å². The summed E-state index contributed by atoms with van der Waals surface area (Å²) in [6.07, 6.45) is 2.34. The first-order valence-corrected chi connectivity index (χ1v) is 9.62. The maximum Gasteiger partial charge on any atom is 0.230 e. The zero-order chi connectivity index (χ0) is 17.8. The highest BCUT2D eigenvalue weighted by Gasteiger charge is 2.12. The number of anilines is 1. The number of rotatable bonds is 6. The number of hydrogen-bond acceptors (Lipinski definition) is 6. The highest BCUT2D eigenvalue weighted by molar-refractivity contribution is 7.98. The topological polar surface area (TPSA) is 60.5 Å².